The summed E-state index contributed by atoms with van der Waals surface area (Å²) in [7, 11) is 3.34. The van der Waals surface area contributed by atoms with E-state index in [1.54, 1.807) is 6.07 Å². The van der Waals surface area contributed by atoms with Gasteiger partial charge in [-0.1, -0.05) is 30.3 Å². The van der Waals surface area contributed by atoms with E-state index in [4.69, 9.17) is 9.84 Å². The fourth-order valence-electron chi connectivity index (χ4n) is 3.17. The number of ether oxygens (including phenoxy) is 1. The van der Waals surface area contributed by atoms with Crippen LogP contribution in [-0.4, -0.2) is 85.3 Å². The minimum Gasteiger partial charge on any atom is -0.480 e. The summed E-state index contributed by atoms with van der Waals surface area (Å²) in [6, 6.07) is 11.7. The quantitative estimate of drug-likeness (QED) is 0.688. The van der Waals surface area contributed by atoms with Crippen LogP contribution in [0.3, 0.4) is 0 Å². The van der Waals surface area contributed by atoms with Crippen molar-refractivity contribution in [3.05, 3.63) is 47.7 Å². The summed E-state index contributed by atoms with van der Waals surface area (Å²) in [6.45, 7) is 2.80. The number of aliphatic carboxylic acids is 1. The number of aromatic nitrogens is 2. The molecule has 0 unspecified atom stereocenters. The van der Waals surface area contributed by atoms with Crippen molar-refractivity contribution in [2.75, 3.05) is 63.3 Å². The van der Waals surface area contributed by atoms with E-state index in [0.29, 0.717) is 44.6 Å². The van der Waals surface area contributed by atoms with E-state index < -0.39 is 18.4 Å². The first-order chi connectivity index (χ1) is 14.4. The van der Waals surface area contributed by atoms with Crippen molar-refractivity contribution in [2.45, 2.75) is 6.42 Å². The molecule has 0 spiro atoms. The Balaban J connectivity index is 1.84. The molecule has 0 radical (unpaired) electrons. The molecule has 2 aromatic rings. The third-order valence-corrected chi connectivity index (χ3v) is 4.89. The van der Waals surface area contributed by atoms with Crippen LogP contribution in [-0.2, 0) is 16.0 Å². The number of rotatable bonds is 8. The molecule has 1 aliphatic rings. The Labute approximate surface area is 175 Å². The van der Waals surface area contributed by atoms with Gasteiger partial charge in [-0.05, 0) is 12.0 Å². The number of hydrogen-bond donors (Lipinski definition) is 1. The minimum atomic E-state index is -1.08. The summed E-state index contributed by atoms with van der Waals surface area (Å²) in [4.78, 5) is 38.0. The number of nitrogens with zero attached hydrogens (tertiary/aromatic N) is 5. The third-order valence-electron chi connectivity index (χ3n) is 4.89. The van der Waals surface area contributed by atoms with Crippen molar-refractivity contribution in [3.8, 4) is 0 Å². The summed E-state index contributed by atoms with van der Waals surface area (Å²) >= 11 is 0. The molecule has 0 saturated carbocycles. The standard InChI is InChI=1S/C21H27N5O4/c1-24(9-8-16-6-4-3-5-7-16)21-22-17(20(29)25(2)15-19(27)28)14-18(23-21)26-10-12-30-13-11-26/h3-7,14H,8-13,15H2,1-2H3,(H,27,28). The van der Waals surface area contributed by atoms with Crippen molar-refractivity contribution in [1.82, 2.24) is 14.9 Å². The highest BCUT2D eigenvalue weighted by Gasteiger charge is 2.22. The highest BCUT2D eigenvalue weighted by atomic mass is 16.5. The van der Waals surface area contributed by atoms with Gasteiger partial charge in [-0.15, -0.1) is 0 Å². The molecule has 1 aromatic carbocycles. The molecule has 1 amide bonds. The molecule has 1 saturated heterocycles. The first-order valence-corrected chi connectivity index (χ1v) is 9.88. The van der Waals surface area contributed by atoms with Crippen molar-refractivity contribution in [2.24, 2.45) is 0 Å². The number of amides is 1. The van der Waals surface area contributed by atoms with E-state index >= 15 is 0 Å². The molecular formula is C21H27N5O4. The molecule has 1 fully saturated rings. The average Bonchev–Trinajstić information content (AvgIpc) is 2.77. The van der Waals surface area contributed by atoms with Gasteiger partial charge < -0.3 is 24.5 Å². The predicted molar refractivity (Wildman–Crippen MR) is 113 cm³/mol. The lowest BCUT2D eigenvalue weighted by molar-refractivity contribution is -0.137. The van der Waals surface area contributed by atoms with E-state index in [9.17, 15) is 9.59 Å². The molecule has 2 heterocycles. The summed E-state index contributed by atoms with van der Waals surface area (Å²) in [6.07, 6.45) is 0.810. The van der Waals surface area contributed by atoms with Crippen LogP contribution in [0.1, 0.15) is 16.1 Å². The van der Waals surface area contributed by atoms with Gasteiger partial charge in [0.05, 0.1) is 13.2 Å². The third kappa shape index (κ3) is 5.66. The van der Waals surface area contributed by atoms with Gasteiger partial charge in [0.1, 0.15) is 18.1 Å². The van der Waals surface area contributed by atoms with Crippen molar-refractivity contribution in [3.63, 3.8) is 0 Å². The van der Waals surface area contributed by atoms with Gasteiger partial charge in [-0.3, -0.25) is 9.59 Å². The molecule has 1 N–H and O–H groups in total. The van der Waals surface area contributed by atoms with Crippen LogP contribution in [0.5, 0.6) is 0 Å². The molecule has 0 atom stereocenters. The maximum atomic E-state index is 12.8. The lowest BCUT2D eigenvalue weighted by Gasteiger charge is -2.29. The summed E-state index contributed by atoms with van der Waals surface area (Å²) in [5.74, 6) is -0.454. The molecule has 0 bridgehead atoms. The van der Waals surface area contributed by atoms with Crippen LogP contribution in [0.4, 0.5) is 11.8 Å². The lowest BCUT2D eigenvalue weighted by Crippen LogP contribution is -2.38. The minimum absolute atomic E-state index is 0.178. The van der Waals surface area contributed by atoms with E-state index in [2.05, 4.69) is 22.1 Å². The molecule has 160 valence electrons. The molecule has 9 nitrogen and oxygen atoms in total. The topological polar surface area (TPSA) is 99.1 Å². The number of carbonyl (C=O) groups excluding carboxylic acids is 1. The molecule has 1 aliphatic heterocycles. The number of hydrogen-bond acceptors (Lipinski definition) is 7. The molecule has 1 aromatic heterocycles. The smallest absolute Gasteiger partial charge is 0.323 e. The molecular weight excluding hydrogens is 386 g/mol. The van der Waals surface area contributed by atoms with E-state index in [0.717, 1.165) is 11.3 Å². The van der Waals surface area contributed by atoms with E-state index in [1.165, 1.54) is 12.6 Å². The van der Waals surface area contributed by atoms with Crippen LogP contribution in [0.15, 0.2) is 36.4 Å². The van der Waals surface area contributed by atoms with E-state index in [1.807, 2.05) is 35.0 Å². The van der Waals surface area contributed by atoms with Gasteiger partial charge >= 0.3 is 5.97 Å². The van der Waals surface area contributed by atoms with Crippen LogP contribution in [0.25, 0.3) is 0 Å². The Morgan fingerprint density at radius 2 is 1.83 bits per heavy atom. The summed E-state index contributed by atoms with van der Waals surface area (Å²) in [5, 5.41) is 9.00. The highest BCUT2D eigenvalue weighted by molar-refractivity contribution is 5.94. The van der Waals surface area contributed by atoms with Gasteiger partial charge in [0, 0.05) is 39.8 Å². The molecule has 9 heteroatoms. The second kappa shape index (κ2) is 10.0. The second-order valence-electron chi connectivity index (χ2n) is 7.22. The van der Waals surface area contributed by atoms with Gasteiger partial charge in [0.15, 0.2) is 0 Å². The van der Waals surface area contributed by atoms with Crippen LogP contribution in [0, 0.1) is 0 Å². The molecule has 3 rings (SSSR count). The van der Waals surface area contributed by atoms with E-state index in [-0.39, 0.29) is 5.69 Å². The van der Waals surface area contributed by atoms with Crippen LogP contribution < -0.4 is 9.80 Å². The number of benzene rings is 1. The maximum absolute atomic E-state index is 12.8. The Hall–Kier alpha value is -3.20. The lowest BCUT2D eigenvalue weighted by atomic mass is 10.1. The first kappa shape index (κ1) is 21.5. The number of likely N-dealkylation sites (N-methyl/N-ethyl adjacent to an activating group) is 2. The summed E-state index contributed by atoms with van der Waals surface area (Å²) < 4.78 is 5.41. The molecule has 30 heavy (non-hydrogen) atoms. The Kier molecular flexibility index (Phi) is 7.18. The van der Waals surface area contributed by atoms with Crippen LogP contribution in [0.2, 0.25) is 0 Å². The molecule has 0 aliphatic carbocycles. The highest BCUT2D eigenvalue weighted by Crippen LogP contribution is 2.19. The average molecular weight is 413 g/mol. The first-order valence-electron chi connectivity index (χ1n) is 9.88. The van der Waals surface area contributed by atoms with Crippen molar-refractivity contribution < 1.29 is 19.4 Å². The fourth-order valence-corrected chi connectivity index (χ4v) is 3.17. The van der Waals surface area contributed by atoms with Gasteiger partial charge in [-0.2, -0.15) is 4.98 Å². The zero-order valence-electron chi connectivity index (χ0n) is 17.3. The largest absolute Gasteiger partial charge is 0.480 e. The Bertz CT molecular complexity index is 871. The number of carboxylic acids is 1. The number of morpholine rings is 1. The zero-order valence-corrected chi connectivity index (χ0v) is 17.3. The van der Waals surface area contributed by atoms with Gasteiger partial charge in [0.25, 0.3) is 5.91 Å². The van der Waals surface area contributed by atoms with Gasteiger partial charge in [-0.25, -0.2) is 4.98 Å². The number of carbonyl (C=O) groups is 2. The normalized spacial score (nSPS) is 13.7. The van der Waals surface area contributed by atoms with Gasteiger partial charge in [0.2, 0.25) is 5.95 Å². The number of anilines is 2. The number of carboxylic acid groups (broad SMARTS) is 1. The summed E-state index contributed by atoms with van der Waals surface area (Å²) in [5.41, 5.74) is 1.38. The Morgan fingerprint density at radius 1 is 1.13 bits per heavy atom. The Morgan fingerprint density at radius 3 is 2.50 bits per heavy atom. The van der Waals surface area contributed by atoms with Crippen molar-refractivity contribution in [1.29, 1.82) is 0 Å². The predicted octanol–water partition coefficient (Wildman–Crippen LogP) is 1.15. The zero-order chi connectivity index (χ0) is 21.5. The van der Waals surface area contributed by atoms with Crippen LogP contribution >= 0.6 is 0 Å². The fraction of sp³-hybridized carbons (Fsp3) is 0.429. The monoisotopic (exact) mass is 413 g/mol. The maximum Gasteiger partial charge on any atom is 0.323 e. The van der Waals surface area contributed by atoms with Crippen molar-refractivity contribution >= 4 is 23.6 Å². The second-order valence-corrected chi connectivity index (χ2v) is 7.22. The SMILES string of the molecule is CN(CC(=O)O)C(=O)c1cc(N2CCOCC2)nc(N(C)CCc2ccccc2)n1.